The van der Waals surface area contributed by atoms with Gasteiger partial charge in [-0.25, -0.2) is 0 Å². The second kappa shape index (κ2) is 9.03. The van der Waals surface area contributed by atoms with Gasteiger partial charge in [0, 0.05) is 12.8 Å². The number of likely N-dealkylation sites (N-methyl/N-ethyl adjacent to an activating group) is 1. The zero-order valence-corrected chi connectivity index (χ0v) is 20.0. The lowest BCUT2D eigenvalue weighted by Gasteiger charge is -2.32. The minimum absolute atomic E-state index is 0.288. The standard InChI is InChI=1S/C21H21Cl2N3O3S2/c1-26(21(29)14(27)9-30-2)18-11-6-4-3-5-10(11)7-12(18)25-20(28)13-8-15-17(24-13)16(22)19(23)31-15/h3-6,8,12,14,18,24,27H,7,9H2,1-2H3,(H,25,28)/t12-,14+,18+/m1/s1. The number of benzene rings is 1. The molecule has 3 atom stereocenters. The number of rotatable bonds is 6. The molecule has 4 rings (SSSR count). The number of H-pyrrole nitrogens is 1. The number of nitrogens with one attached hydrogen (secondary N) is 2. The number of hydrogen-bond donors (Lipinski definition) is 3. The molecule has 1 aromatic carbocycles. The molecule has 1 aliphatic carbocycles. The molecular weight excluding hydrogens is 477 g/mol. The Bertz CT molecular complexity index is 1150. The molecule has 164 valence electrons. The zero-order valence-electron chi connectivity index (χ0n) is 16.8. The molecule has 1 aliphatic rings. The highest BCUT2D eigenvalue weighted by molar-refractivity contribution is 7.98. The number of aliphatic hydroxyl groups excluding tert-OH is 1. The van der Waals surface area contributed by atoms with Gasteiger partial charge in [-0.05, 0) is 29.9 Å². The lowest BCUT2D eigenvalue weighted by Crippen LogP contribution is -2.48. The first kappa shape index (κ1) is 22.5. The number of nitrogens with zero attached hydrogens (tertiary/aromatic N) is 1. The number of aromatic amines is 1. The fourth-order valence-corrected chi connectivity index (χ4v) is 6.01. The molecule has 0 fully saturated rings. The van der Waals surface area contributed by atoms with E-state index in [1.165, 1.54) is 23.1 Å². The fourth-order valence-electron chi connectivity index (χ4n) is 4.07. The number of fused-ring (bicyclic) bond motifs is 2. The third-order valence-electron chi connectivity index (χ3n) is 5.50. The van der Waals surface area contributed by atoms with Gasteiger partial charge in [-0.2, -0.15) is 11.8 Å². The Morgan fingerprint density at radius 2 is 2.13 bits per heavy atom. The van der Waals surface area contributed by atoms with Crippen LogP contribution in [0.5, 0.6) is 0 Å². The monoisotopic (exact) mass is 497 g/mol. The van der Waals surface area contributed by atoms with Gasteiger partial charge in [0.1, 0.15) is 16.1 Å². The number of carbonyl (C=O) groups excluding carboxylic acids is 2. The van der Waals surface area contributed by atoms with E-state index in [-0.39, 0.29) is 23.9 Å². The molecule has 0 radical (unpaired) electrons. The SMILES string of the molecule is CSC[C@H](O)C(=O)N(C)[C@H]1c2ccccc2C[C@H]1NC(=O)c1cc2sc(Cl)c(Cl)c2[nH]1. The molecule has 0 saturated heterocycles. The van der Waals surface area contributed by atoms with Crippen LogP contribution in [0.1, 0.15) is 27.7 Å². The van der Waals surface area contributed by atoms with E-state index >= 15 is 0 Å². The first-order valence-corrected chi connectivity index (χ1v) is 12.6. The summed E-state index contributed by atoms with van der Waals surface area (Å²) in [5.74, 6) is -0.335. The summed E-state index contributed by atoms with van der Waals surface area (Å²) in [6, 6.07) is 8.83. The van der Waals surface area contributed by atoms with Crippen molar-refractivity contribution in [3.8, 4) is 0 Å². The van der Waals surface area contributed by atoms with E-state index in [4.69, 9.17) is 23.2 Å². The summed E-state index contributed by atoms with van der Waals surface area (Å²) in [5.41, 5.74) is 3.06. The third kappa shape index (κ3) is 4.19. The average Bonchev–Trinajstić information content (AvgIpc) is 3.40. The zero-order chi connectivity index (χ0) is 22.3. The molecule has 0 bridgehead atoms. The summed E-state index contributed by atoms with van der Waals surface area (Å²) in [6.07, 6.45) is 1.33. The third-order valence-corrected chi connectivity index (χ3v) is 8.08. The Hall–Kier alpha value is -1.71. The molecule has 2 amide bonds. The number of aromatic nitrogens is 1. The summed E-state index contributed by atoms with van der Waals surface area (Å²) >= 11 is 15.0. The van der Waals surface area contributed by atoms with Crippen molar-refractivity contribution in [1.82, 2.24) is 15.2 Å². The highest BCUT2D eigenvalue weighted by atomic mass is 35.5. The summed E-state index contributed by atoms with van der Waals surface area (Å²) in [7, 11) is 1.67. The van der Waals surface area contributed by atoms with Gasteiger partial charge in [-0.15, -0.1) is 11.3 Å². The van der Waals surface area contributed by atoms with Crippen molar-refractivity contribution in [3.05, 3.63) is 56.5 Å². The number of aliphatic hydroxyl groups is 1. The number of carbonyl (C=O) groups is 2. The van der Waals surface area contributed by atoms with E-state index < -0.39 is 6.10 Å². The summed E-state index contributed by atoms with van der Waals surface area (Å²) in [6.45, 7) is 0. The van der Waals surface area contributed by atoms with Crippen LogP contribution in [0.4, 0.5) is 0 Å². The molecule has 0 spiro atoms. The van der Waals surface area contributed by atoms with Crippen LogP contribution in [0, 0.1) is 0 Å². The van der Waals surface area contributed by atoms with E-state index in [0.29, 0.717) is 32.7 Å². The Kier molecular flexibility index (Phi) is 6.55. The Balaban J connectivity index is 1.59. The van der Waals surface area contributed by atoms with E-state index in [2.05, 4.69) is 10.3 Å². The first-order chi connectivity index (χ1) is 14.8. The number of thiophene rings is 1. The van der Waals surface area contributed by atoms with E-state index in [1.807, 2.05) is 30.5 Å². The molecule has 10 heteroatoms. The van der Waals surface area contributed by atoms with E-state index in [0.717, 1.165) is 15.8 Å². The van der Waals surface area contributed by atoms with Crippen LogP contribution in [0.2, 0.25) is 9.36 Å². The molecule has 0 saturated carbocycles. The molecular formula is C21H21Cl2N3O3S2. The predicted molar refractivity (Wildman–Crippen MR) is 127 cm³/mol. The fraction of sp³-hybridized carbons (Fsp3) is 0.333. The van der Waals surface area contributed by atoms with E-state index in [1.54, 1.807) is 18.0 Å². The quantitative estimate of drug-likeness (QED) is 0.478. The minimum atomic E-state index is -1.09. The van der Waals surface area contributed by atoms with Crippen molar-refractivity contribution >= 4 is 68.3 Å². The van der Waals surface area contributed by atoms with Crippen LogP contribution < -0.4 is 5.32 Å². The molecule has 0 aliphatic heterocycles. The maximum absolute atomic E-state index is 13.0. The Morgan fingerprint density at radius 3 is 2.84 bits per heavy atom. The van der Waals surface area contributed by atoms with Crippen LogP contribution in [-0.2, 0) is 11.2 Å². The van der Waals surface area contributed by atoms with Crippen molar-refractivity contribution in [1.29, 1.82) is 0 Å². The lowest BCUT2D eigenvalue weighted by molar-refractivity contribution is -0.140. The van der Waals surface area contributed by atoms with Crippen LogP contribution >= 0.6 is 46.3 Å². The topological polar surface area (TPSA) is 85.4 Å². The van der Waals surface area contributed by atoms with Gasteiger partial charge < -0.3 is 20.3 Å². The lowest BCUT2D eigenvalue weighted by atomic mass is 10.0. The number of amides is 2. The summed E-state index contributed by atoms with van der Waals surface area (Å²) < 4.78 is 1.28. The second-order valence-electron chi connectivity index (χ2n) is 7.46. The number of halogens is 2. The smallest absolute Gasteiger partial charge is 0.268 e. The first-order valence-electron chi connectivity index (χ1n) is 9.60. The van der Waals surface area contributed by atoms with Crippen molar-refractivity contribution in [2.75, 3.05) is 19.1 Å². The van der Waals surface area contributed by atoms with Crippen molar-refractivity contribution in [3.63, 3.8) is 0 Å². The van der Waals surface area contributed by atoms with Gasteiger partial charge in [0.2, 0.25) is 0 Å². The molecule has 3 N–H and O–H groups in total. The minimum Gasteiger partial charge on any atom is -0.382 e. The van der Waals surface area contributed by atoms with Gasteiger partial charge in [-0.1, -0.05) is 47.5 Å². The highest BCUT2D eigenvalue weighted by Gasteiger charge is 2.39. The van der Waals surface area contributed by atoms with Crippen LogP contribution in [-0.4, -0.2) is 58.0 Å². The molecule has 6 nitrogen and oxygen atoms in total. The Labute approximate surface area is 197 Å². The van der Waals surface area contributed by atoms with Crippen molar-refractivity contribution in [2.24, 2.45) is 0 Å². The molecule has 0 unspecified atom stereocenters. The van der Waals surface area contributed by atoms with Crippen molar-refractivity contribution < 1.29 is 14.7 Å². The van der Waals surface area contributed by atoms with Gasteiger partial charge in [0.15, 0.2) is 0 Å². The largest absolute Gasteiger partial charge is 0.382 e. The summed E-state index contributed by atoms with van der Waals surface area (Å²) in [5, 5.41) is 13.7. The van der Waals surface area contributed by atoms with Gasteiger partial charge in [-0.3, -0.25) is 9.59 Å². The summed E-state index contributed by atoms with van der Waals surface area (Å²) in [4.78, 5) is 30.4. The maximum Gasteiger partial charge on any atom is 0.268 e. The van der Waals surface area contributed by atoms with Crippen molar-refractivity contribution in [2.45, 2.75) is 24.6 Å². The molecule has 2 heterocycles. The molecule has 31 heavy (non-hydrogen) atoms. The molecule has 2 aromatic heterocycles. The van der Waals surface area contributed by atoms with Crippen LogP contribution in [0.15, 0.2) is 30.3 Å². The predicted octanol–water partition coefficient (Wildman–Crippen LogP) is 4.11. The molecule has 3 aromatic rings. The maximum atomic E-state index is 13.0. The second-order valence-corrected chi connectivity index (χ2v) is 10.4. The van der Waals surface area contributed by atoms with Gasteiger partial charge in [0.05, 0.1) is 27.3 Å². The number of thioether (sulfide) groups is 1. The van der Waals surface area contributed by atoms with Crippen LogP contribution in [0.3, 0.4) is 0 Å². The van der Waals surface area contributed by atoms with Crippen LogP contribution in [0.25, 0.3) is 10.2 Å². The average molecular weight is 498 g/mol. The highest BCUT2D eigenvalue weighted by Crippen LogP contribution is 2.39. The number of hydrogen-bond acceptors (Lipinski definition) is 5. The van der Waals surface area contributed by atoms with Gasteiger partial charge >= 0.3 is 0 Å². The Morgan fingerprint density at radius 1 is 1.39 bits per heavy atom. The van der Waals surface area contributed by atoms with E-state index in [9.17, 15) is 14.7 Å². The normalized spacial score (nSPS) is 18.7. The van der Waals surface area contributed by atoms with Gasteiger partial charge in [0.25, 0.3) is 11.8 Å².